The van der Waals surface area contributed by atoms with Gasteiger partial charge in [0.05, 0.1) is 22.0 Å². The summed E-state index contributed by atoms with van der Waals surface area (Å²) in [5.41, 5.74) is 3.08. The zero-order valence-corrected chi connectivity index (χ0v) is 16.3. The molecule has 4 nitrogen and oxygen atoms in total. The van der Waals surface area contributed by atoms with Crippen LogP contribution >= 0.6 is 34.9 Å². The number of rotatable bonds is 5. The molecule has 130 valence electrons. The van der Waals surface area contributed by atoms with Crippen molar-refractivity contribution >= 4 is 40.8 Å². The number of carbonyl (C=O) groups excluding carboxylic acids is 1. The van der Waals surface area contributed by atoms with Crippen LogP contribution in [0.25, 0.3) is 11.3 Å². The summed E-state index contributed by atoms with van der Waals surface area (Å²) in [5, 5.41) is 12.2. The van der Waals surface area contributed by atoms with E-state index in [1.165, 1.54) is 0 Å². The van der Waals surface area contributed by atoms with Gasteiger partial charge in [0.15, 0.2) is 4.34 Å². The molecule has 25 heavy (non-hydrogen) atoms. The van der Waals surface area contributed by atoms with Gasteiger partial charge in [-0.15, -0.1) is 11.3 Å². The van der Waals surface area contributed by atoms with E-state index >= 15 is 0 Å². The van der Waals surface area contributed by atoms with Crippen molar-refractivity contribution in [1.29, 1.82) is 0 Å². The van der Waals surface area contributed by atoms with Gasteiger partial charge >= 0.3 is 0 Å². The molecule has 3 heterocycles. The third-order valence-corrected chi connectivity index (χ3v) is 8.25. The van der Waals surface area contributed by atoms with E-state index in [1.54, 1.807) is 34.9 Å². The van der Waals surface area contributed by atoms with Crippen molar-refractivity contribution in [1.82, 2.24) is 9.88 Å². The van der Waals surface area contributed by atoms with Crippen molar-refractivity contribution in [3.05, 3.63) is 45.6 Å². The Morgan fingerprint density at radius 1 is 1.36 bits per heavy atom. The largest absolute Gasteiger partial charge is 0.392 e. The number of fused-ring (bicyclic) bond motifs is 1. The molecule has 1 amide bonds. The summed E-state index contributed by atoms with van der Waals surface area (Å²) in [5.74, 6) is -0.233. The lowest BCUT2D eigenvalue weighted by molar-refractivity contribution is -0.153. The first-order valence-electron chi connectivity index (χ1n) is 8.17. The van der Waals surface area contributed by atoms with E-state index in [1.807, 2.05) is 36.9 Å². The Kier molecular flexibility index (Phi) is 4.66. The molecule has 1 aromatic heterocycles. The number of benzene rings is 1. The molecule has 1 aromatic carbocycles. The summed E-state index contributed by atoms with van der Waals surface area (Å²) < 4.78 is 2.08. The van der Waals surface area contributed by atoms with E-state index in [0.29, 0.717) is 6.42 Å². The maximum Gasteiger partial charge on any atom is 0.236 e. The second kappa shape index (κ2) is 6.79. The number of β-lactam (4-membered cyclic amide) rings is 1. The average molecular weight is 391 g/mol. The normalized spacial score (nSPS) is 23.6. The Hall–Kier alpha value is -1.28. The van der Waals surface area contributed by atoms with Crippen LogP contribution in [0, 0.1) is 5.92 Å². The first kappa shape index (κ1) is 17.1. The number of amides is 1. The molecule has 0 bridgehead atoms. The minimum atomic E-state index is -0.553. The van der Waals surface area contributed by atoms with Crippen LogP contribution in [0.2, 0.25) is 0 Å². The van der Waals surface area contributed by atoms with Crippen LogP contribution in [0.4, 0.5) is 0 Å². The van der Waals surface area contributed by atoms with E-state index in [9.17, 15) is 9.90 Å². The number of nitrogens with zero attached hydrogens (tertiary/aromatic N) is 2. The highest BCUT2D eigenvalue weighted by Gasteiger charge is 2.55. The van der Waals surface area contributed by atoms with Gasteiger partial charge in [-0.3, -0.25) is 4.79 Å². The van der Waals surface area contributed by atoms with Gasteiger partial charge in [-0.05, 0) is 13.3 Å². The number of thioether (sulfide) groups is 2. The van der Waals surface area contributed by atoms with Crippen LogP contribution in [0.15, 0.2) is 50.0 Å². The smallest absolute Gasteiger partial charge is 0.236 e. The topological polar surface area (TPSA) is 53.4 Å². The van der Waals surface area contributed by atoms with Gasteiger partial charge in [0.25, 0.3) is 0 Å². The number of thiazole rings is 1. The van der Waals surface area contributed by atoms with E-state index in [4.69, 9.17) is 4.98 Å². The minimum absolute atomic E-state index is 0.0403. The maximum atomic E-state index is 12.3. The van der Waals surface area contributed by atoms with Crippen LogP contribution in [-0.4, -0.2) is 32.4 Å². The molecule has 0 aliphatic carbocycles. The summed E-state index contributed by atoms with van der Waals surface area (Å²) in [6.07, 6.45) is 0.0541. The van der Waals surface area contributed by atoms with E-state index in [0.717, 1.165) is 25.5 Å². The fourth-order valence-corrected chi connectivity index (χ4v) is 6.96. The molecule has 0 spiro atoms. The van der Waals surface area contributed by atoms with Gasteiger partial charge in [-0.25, -0.2) is 4.98 Å². The van der Waals surface area contributed by atoms with Crippen LogP contribution < -0.4 is 0 Å². The lowest BCUT2D eigenvalue weighted by Crippen LogP contribution is -2.60. The summed E-state index contributed by atoms with van der Waals surface area (Å²) in [6, 6.07) is 10.1. The number of carbonyl (C=O) groups is 1. The molecule has 4 rings (SSSR count). The third-order valence-electron chi connectivity index (χ3n) is 4.53. The Balaban J connectivity index is 1.50. The number of aromatic nitrogens is 1. The summed E-state index contributed by atoms with van der Waals surface area (Å²) >= 11 is 4.92. The summed E-state index contributed by atoms with van der Waals surface area (Å²) in [4.78, 5) is 18.9. The van der Waals surface area contributed by atoms with Crippen LogP contribution in [0.3, 0.4) is 0 Å². The van der Waals surface area contributed by atoms with Crippen molar-refractivity contribution in [2.75, 3.05) is 0 Å². The number of hydrogen-bond acceptors (Lipinski definition) is 6. The molecule has 1 saturated heterocycles. The highest BCUT2D eigenvalue weighted by Crippen LogP contribution is 2.55. The quantitative estimate of drug-likeness (QED) is 0.767. The number of hydrogen-bond donors (Lipinski definition) is 1. The molecule has 1 fully saturated rings. The van der Waals surface area contributed by atoms with Gasteiger partial charge in [0, 0.05) is 16.6 Å². The zero-order valence-electron chi connectivity index (χ0n) is 13.9. The van der Waals surface area contributed by atoms with E-state index < -0.39 is 6.10 Å². The van der Waals surface area contributed by atoms with Gasteiger partial charge in [-0.2, -0.15) is 0 Å². The Morgan fingerprint density at radius 3 is 2.84 bits per heavy atom. The molecule has 7 heteroatoms. The first-order valence-corrected chi connectivity index (χ1v) is 10.7. The first-order chi connectivity index (χ1) is 12.1. The molecular weight excluding hydrogens is 372 g/mol. The van der Waals surface area contributed by atoms with Crippen molar-refractivity contribution in [2.45, 2.75) is 36.1 Å². The number of aliphatic hydroxyl groups excluding tert-OH is 1. The highest BCUT2D eigenvalue weighted by atomic mass is 32.2. The fraction of sp³-hybridized carbons (Fsp3) is 0.333. The molecule has 2 aliphatic heterocycles. The van der Waals surface area contributed by atoms with Gasteiger partial charge in [0.1, 0.15) is 5.37 Å². The average Bonchev–Trinajstić information content (AvgIpc) is 3.19. The molecule has 0 radical (unpaired) electrons. The SMILES string of the molecule is CC[C@H](O)[C@@H]1C(=O)N2C(C)=C(Sc3nc(-c4ccccc4)cs3)S[C@H]12. The molecule has 3 atom stereocenters. The lowest BCUT2D eigenvalue weighted by Gasteiger charge is -2.44. The highest BCUT2D eigenvalue weighted by molar-refractivity contribution is 8.23. The second-order valence-corrected chi connectivity index (χ2v) is 9.56. The minimum Gasteiger partial charge on any atom is -0.392 e. The number of aliphatic hydroxyl groups is 1. The predicted octanol–water partition coefficient (Wildman–Crippen LogP) is 4.39. The molecule has 0 saturated carbocycles. The monoisotopic (exact) mass is 390 g/mol. The maximum absolute atomic E-state index is 12.3. The van der Waals surface area contributed by atoms with Crippen molar-refractivity contribution in [3.63, 3.8) is 0 Å². The van der Waals surface area contributed by atoms with Crippen molar-refractivity contribution < 1.29 is 9.90 Å². The second-order valence-electron chi connectivity index (χ2n) is 6.06. The standard InChI is InChI=1S/C18H18N2O2S3/c1-3-13(21)14-15(22)20-10(2)17(24-16(14)20)25-18-19-12(9-23-18)11-7-5-4-6-8-11/h4-9,13-14,16,21H,3H2,1-2H3/t13-,14+,16+/m0/s1. The summed E-state index contributed by atoms with van der Waals surface area (Å²) in [7, 11) is 0. The van der Waals surface area contributed by atoms with Crippen LogP contribution in [0.5, 0.6) is 0 Å². The van der Waals surface area contributed by atoms with E-state index in [2.05, 4.69) is 17.5 Å². The molecular formula is C18H18N2O2S3. The Morgan fingerprint density at radius 2 is 2.12 bits per heavy atom. The van der Waals surface area contributed by atoms with E-state index in [-0.39, 0.29) is 17.2 Å². The van der Waals surface area contributed by atoms with Crippen molar-refractivity contribution in [2.24, 2.45) is 5.92 Å². The molecule has 2 aliphatic rings. The molecule has 0 unspecified atom stereocenters. The third kappa shape index (κ3) is 2.93. The lowest BCUT2D eigenvalue weighted by atomic mass is 9.90. The fourth-order valence-electron chi connectivity index (χ4n) is 3.09. The molecule has 2 aromatic rings. The Labute approximate surface area is 159 Å². The summed E-state index contributed by atoms with van der Waals surface area (Å²) in [6.45, 7) is 3.89. The zero-order chi connectivity index (χ0) is 17.6. The van der Waals surface area contributed by atoms with Gasteiger partial charge in [0.2, 0.25) is 5.91 Å². The van der Waals surface area contributed by atoms with Gasteiger partial charge < -0.3 is 10.0 Å². The Bertz CT molecular complexity index is 834. The molecule has 1 N–H and O–H groups in total. The predicted molar refractivity (Wildman–Crippen MR) is 104 cm³/mol. The van der Waals surface area contributed by atoms with Crippen LogP contribution in [-0.2, 0) is 4.79 Å². The number of allylic oxidation sites excluding steroid dienone is 1. The van der Waals surface area contributed by atoms with Crippen LogP contribution in [0.1, 0.15) is 20.3 Å². The van der Waals surface area contributed by atoms with Gasteiger partial charge in [-0.1, -0.05) is 60.8 Å². The van der Waals surface area contributed by atoms with Crippen molar-refractivity contribution in [3.8, 4) is 11.3 Å².